The van der Waals surface area contributed by atoms with Crippen molar-refractivity contribution in [1.82, 2.24) is 30.6 Å². The molecule has 0 aliphatic carbocycles. The van der Waals surface area contributed by atoms with E-state index in [1.54, 1.807) is 0 Å². The van der Waals surface area contributed by atoms with Crippen molar-refractivity contribution >= 4 is 0 Å². The van der Waals surface area contributed by atoms with E-state index in [0.29, 0.717) is 17.8 Å². The minimum absolute atomic E-state index is 0.0587. The Morgan fingerprint density at radius 1 is 0.560 bits per heavy atom. The molecule has 134 valence electrons. The van der Waals surface area contributed by atoms with Crippen LogP contribution in [0.15, 0.2) is 18.6 Å². The van der Waals surface area contributed by atoms with Crippen molar-refractivity contribution in [2.75, 3.05) is 0 Å². The Hall–Kier alpha value is -2.37. The molecule has 0 saturated heterocycles. The van der Waals surface area contributed by atoms with Gasteiger partial charge in [0.2, 0.25) is 0 Å². The maximum absolute atomic E-state index is 4.35. The Morgan fingerprint density at radius 2 is 0.840 bits per heavy atom. The minimum atomic E-state index is 0.0587. The third-order valence-corrected chi connectivity index (χ3v) is 4.76. The van der Waals surface area contributed by atoms with Gasteiger partial charge in [-0.05, 0) is 17.8 Å². The second-order valence-corrected chi connectivity index (χ2v) is 7.61. The SMILES string of the molecule is CC(C)c1[nH]ncc1C(c1cn[nH]c1C(C)C)c1cn[nH]c1C(C)C. The molecule has 3 aromatic rings. The van der Waals surface area contributed by atoms with Crippen molar-refractivity contribution in [3.63, 3.8) is 0 Å². The highest BCUT2D eigenvalue weighted by molar-refractivity contribution is 5.47. The van der Waals surface area contributed by atoms with Crippen LogP contribution in [-0.4, -0.2) is 30.6 Å². The number of nitrogens with zero attached hydrogens (tertiary/aromatic N) is 3. The zero-order chi connectivity index (χ0) is 18.1. The van der Waals surface area contributed by atoms with E-state index >= 15 is 0 Å². The summed E-state index contributed by atoms with van der Waals surface area (Å²) in [4.78, 5) is 0. The lowest BCUT2D eigenvalue weighted by Crippen LogP contribution is -2.10. The maximum atomic E-state index is 4.35. The summed E-state index contributed by atoms with van der Waals surface area (Å²) in [6.45, 7) is 13.1. The van der Waals surface area contributed by atoms with E-state index in [1.807, 2.05) is 18.6 Å². The van der Waals surface area contributed by atoms with Gasteiger partial charge in [0.25, 0.3) is 0 Å². The molecule has 6 nitrogen and oxygen atoms in total. The monoisotopic (exact) mass is 340 g/mol. The summed E-state index contributed by atoms with van der Waals surface area (Å²) in [5, 5.41) is 22.6. The van der Waals surface area contributed by atoms with Gasteiger partial charge in [-0.25, -0.2) is 0 Å². The summed E-state index contributed by atoms with van der Waals surface area (Å²) in [5.41, 5.74) is 7.08. The molecule has 0 radical (unpaired) electrons. The lowest BCUT2D eigenvalue weighted by Gasteiger charge is -2.21. The van der Waals surface area contributed by atoms with E-state index in [0.717, 1.165) is 17.1 Å². The molecule has 0 unspecified atom stereocenters. The summed E-state index contributed by atoms with van der Waals surface area (Å²) < 4.78 is 0. The number of aromatic nitrogens is 6. The van der Waals surface area contributed by atoms with Crippen LogP contribution in [0.5, 0.6) is 0 Å². The Bertz CT molecular complexity index is 711. The first-order valence-corrected chi connectivity index (χ1v) is 9.01. The van der Waals surface area contributed by atoms with Gasteiger partial charge in [-0.15, -0.1) is 0 Å². The molecular formula is C19H28N6. The van der Waals surface area contributed by atoms with Crippen LogP contribution in [0.2, 0.25) is 0 Å². The van der Waals surface area contributed by atoms with Gasteiger partial charge in [0.1, 0.15) is 0 Å². The van der Waals surface area contributed by atoms with Gasteiger partial charge < -0.3 is 0 Å². The molecule has 3 N–H and O–H groups in total. The van der Waals surface area contributed by atoms with Gasteiger partial charge in [-0.2, -0.15) is 15.3 Å². The predicted octanol–water partition coefficient (Wildman–Crippen LogP) is 4.41. The molecule has 6 heteroatoms. The standard InChI is InChI=1S/C19H28N6/c1-10(2)17-13(7-20-23-17)16(14-8-21-24-18(14)11(3)4)15-9-22-25-19(15)12(5)6/h7-12,16H,1-6H3,(H,20,23)(H,21,24)(H,22,25). The van der Waals surface area contributed by atoms with Crippen molar-refractivity contribution in [3.8, 4) is 0 Å². The highest BCUT2D eigenvalue weighted by Crippen LogP contribution is 2.40. The summed E-state index contributed by atoms with van der Waals surface area (Å²) in [5.74, 6) is 1.15. The van der Waals surface area contributed by atoms with Crippen molar-refractivity contribution in [2.45, 2.75) is 65.2 Å². The average Bonchev–Trinajstić information content (AvgIpc) is 3.28. The van der Waals surface area contributed by atoms with Crippen LogP contribution in [0.1, 0.15) is 99.0 Å². The summed E-state index contributed by atoms with van der Waals surface area (Å²) in [6.07, 6.45) is 5.86. The Kier molecular flexibility index (Phi) is 4.79. The van der Waals surface area contributed by atoms with E-state index in [4.69, 9.17) is 0 Å². The molecule has 0 aliphatic heterocycles. The topological polar surface area (TPSA) is 86.0 Å². The quantitative estimate of drug-likeness (QED) is 0.621. The number of nitrogens with one attached hydrogen (secondary N) is 3. The molecule has 0 amide bonds. The fraction of sp³-hybridized carbons (Fsp3) is 0.526. The molecular weight excluding hydrogens is 312 g/mol. The van der Waals surface area contributed by atoms with Gasteiger partial charge in [0.05, 0.1) is 18.6 Å². The van der Waals surface area contributed by atoms with Gasteiger partial charge >= 0.3 is 0 Å². The lowest BCUT2D eigenvalue weighted by molar-refractivity contribution is 0.753. The molecule has 3 rings (SSSR count). The number of aromatic amines is 3. The van der Waals surface area contributed by atoms with Crippen LogP contribution in [0, 0.1) is 0 Å². The predicted molar refractivity (Wildman–Crippen MR) is 99.0 cm³/mol. The molecule has 0 bridgehead atoms. The second-order valence-electron chi connectivity index (χ2n) is 7.61. The van der Waals surface area contributed by atoms with Crippen LogP contribution in [0.3, 0.4) is 0 Å². The van der Waals surface area contributed by atoms with Gasteiger partial charge in [0.15, 0.2) is 0 Å². The highest BCUT2D eigenvalue weighted by atomic mass is 15.1. The molecule has 0 aromatic carbocycles. The highest BCUT2D eigenvalue weighted by Gasteiger charge is 2.30. The van der Waals surface area contributed by atoms with Gasteiger partial charge in [-0.3, -0.25) is 15.3 Å². The number of H-pyrrole nitrogens is 3. The van der Waals surface area contributed by atoms with Crippen LogP contribution in [0.4, 0.5) is 0 Å². The maximum Gasteiger partial charge on any atom is 0.0531 e. The lowest BCUT2D eigenvalue weighted by atomic mass is 9.81. The van der Waals surface area contributed by atoms with Crippen molar-refractivity contribution in [3.05, 3.63) is 52.4 Å². The first kappa shape index (κ1) is 17.5. The number of rotatable bonds is 6. The molecule has 0 fully saturated rings. The van der Waals surface area contributed by atoms with Gasteiger partial charge in [0, 0.05) is 39.7 Å². The largest absolute Gasteiger partial charge is 0.282 e. The normalized spacial score (nSPS) is 12.2. The number of hydrogen-bond acceptors (Lipinski definition) is 3. The van der Waals surface area contributed by atoms with Gasteiger partial charge in [-0.1, -0.05) is 41.5 Å². The first-order valence-electron chi connectivity index (χ1n) is 9.01. The fourth-order valence-corrected chi connectivity index (χ4v) is 3.50. The van der Waals surface area contributed by atoms with E-state index in [9.17, 15) is 0 Å². The zero-order valence-corrected chi connectivity index (χ0v) is 15.9. The zero-order valence-electron chi connectivity index (χ0n) is 15.9. The Labute approximate surface area is 148 Å². The average molecular weight is 340 g/mol. The molecule has 0 saturated carbocycles. The van der Waals surface area contributed by atoms with Crippen molar-refractivity contribution < 1.29 is 0 Å². The Morgan fingerprint density at radius 3 is 1.08 bits per heavy atom. The summed E-state index contributed by atoms with van der Waals surface area (Å²) in [7, 11) is 0. The van der Waals surface area contributed by atoms with Crippen LogP contribution < -0.4 is 0 Å². The third-order valence-electron chi connectivity index (χ3n) is 4.76. The second kappa shape index (κ2) is 6.86. The van der Waals surface area contributed by atoms with Crippen LogP contribution in [-0.2, 0) is 0 Å². The first-order chi connectivity index (χ1) is 11.9. The van der Waals surface area contributed by atoms with Crippen LogP contribution in [0.25, 0.3) is 0 Å². The van der Waals surface area contributed by atoms with Crippen molar-refractivity contribution in [2.24, 2.45) is 0 Å². The fourth-order valence-electron chi connectivity index (χ4n) is 3.50. The van der Waals surface area contributed by atoms with E-state index in [2.05, 4.69) is 72.1 Å². The smallest absolute Gasteiger partial charge is 0.0531 e. The molecule has 0 aliphatic rings. The van der Waals surface area contributed by atoms with E-state index in [-0.39, 0.29) is 5.92 Å². The van der Waals surface area contributed by atoms with Crippen molar-refractivity contribution in [1.29, 1.82) is 0 Å². The molecule has 0 atom stereocenters. The van der Waals surface area contributed by atoms with E-state index < -0.39 is 0 Å². The molecule has 3 heterocycles. The van der Waals surface area contributed by atoms with E-state index in [1.165, 1.54) is 16.7 Å². The third kappa shape index (κ3) is 3.13. The Balaban J connectivity index is 2.23. The summed E-state index contributed by atoms with van der Waals surface area (Å²) in [6, 6.07) is 0. The molecule has 0 spiro atoms. The minimum Gasteiger partial charge on any atom is -0.282 e. The van der Waals surface area contributed by atoms with Crippen LogP contribution >= 0.6 is 0 Å². The summed E-state index contributed by atoms with van der Waals surface area (Å²) >= 11 is 0. The molecule has 25 heavy (non-hydrogen) atoms. The molecule has 3 aromatic heterocycles. The number of hydrogen-bond donors (Lipinski definition) is 3.